The molecule has 6 rings (SSSR count). The highest BCUT2D eigenvalue weighted by Crippen LogP contribution is 2.44. The molecule has 0 aliphatic rings. The maximum Gasteiger partial charge on any atom is 0.216 e. The number of rotatable bonds is 2. The molecule has 4 aromatic carbocycles. The molecule has 0 saturated carbocycles. The van der Waals surface area contributed by atoms with Gasteiger partial charge in [-0.15, -0.1) is 0 Å². The van der Waals surface area contributed by atoms with Crippen LogP contribution in [0.1, 0.15) is 5.56 Å². The van der Waals surface area contributed by atoms with E-state index in [9.17, 15) is 0 Å². The average molecular weight is 426 g/mol. The van der Waals surface area contributed by atoms with Gasteiger partial charge in [0.15, 0.2) is 11.9 Å². The summed E-state index contributed by atoms with van der Waals surface area (Å²) in [5, 5.41) is 4.24. The normalized spacial score (nSPS) is 11.3. The fourth-order valence-electron chi connectivity index (χ4n) is 4.80. The second-order valence-corrected chi connectivity index (χ2v) is 8.44. The van der Waals surface area contributed by atoms with Gasteiger partial charge >= 0.3 is 0 Å². The van der Waals surface area contributed by atoms with Crippen LogP contribution >= 0.6 is 0 Å². The quantitative estimate of drug-likeness (QED) is 0.205. The average Bonchev–Trinajstić information content (AvgIpc) is 3.23. The first-order valence-corrected chi connectivity index (χ1v) is 11.0. The van der Waals surface area contributed by atoms with Gasteiger partial charge in [-0.2, -0.15) is 0 Å². The third-order valence-electron chi connectivity index (χ3n) is 6.47. The highest BCUT2D eigenvalue weighted by Gasteiger charge is 2.23. The molecule has 6 aromatic rings. The van der Waals surface area contributed by atoms with E-state index in [0.29, 0.717) is 5.69 Å². The molecular formula is C30H21N2O+. The van der Waals surface area contributed by atoms with Gasteiger partial charge in [-0.3, -0.25) is 0 Å². The van der Waals surface area contributed by atoms with Crippen molar-refractivity contribution in [3.05, 3.63) is 108 Å². The molecule has 2 heterocycles. The van der Waals surface area contributed by atoms with E-state index in [4.69, 9.17) is 11.0 Å². The Morgan fingerprint density at radius 3 is 2.45 bits per heavy atom. The fourth-order valence-corrected chi connectivity index (χ4v) is 4.80. The number of aromatic nitrogens is 1. The van der Waals surface area contributed by atoms with Crippen LogP contribution in [0.5, 0.6) is 0 Å². The van der Waals surface area contributed by atoms with Crippen LogP contribution in [0.25, 0.3) is 59.9 Å². The third kappa shape index (κ3) is 2.92. The first-order valence-electron chi connectivity index (χ1n) is 11.0. The Kier molecular flexibility index (Phi) is 4.28. The lowest BCUT2D eigenvalue weighted by Gasteiger charge is -2.06. The van der Waals surface area contributed by atoms with E-state index in [-0.39, 0.29) is 0 Å². The van der Waals surface area contributed by atoms with Crippen molar-refractivity contribution in [3.63, 3.8) is 0 Å². The van der Waals surface area contributed by atoms with Gasteiger partial charge < -0.3 is 4.42 Å². The molecule has 33 heavy (non-hydrogen) atoms. The molecule has 0 aliphatic carbocycles. The van der Waals surface area contributed by atoms with E-state index >= 15 is 0 Å². The summed E-state index contributed by atoms with van der Waals surface area (Å²) in [5.41, 5.74) is 7.56. The number of furan rings is 1. The van der Waals surface area contributed by atoms with Crippen molar-refractivity contribution in [2.45, 2.75) is 6.92 Å². The van der Waals surface area contributed by atoms with Crippen molar-refractivity contribution in [2.75, 3.05) is 0 Å². The van der Waals surface area contributed by atoms with Crippen LogP contribution in [0, 0.1) is 13.5 Å². The maximum atomic E-state index is 7.80. The zero-order valence-electron chi connectivity index (χ0n) is 18.5. The Labute approximate surface area is 192 Å². The van der Waals surface area contributed by atoms with Crippen LogP contribution in [-0.4, -0.2) is 0 Å². The van der Waals surface area contributed by atoms with Crippen molar-refractivity contribution in [2.24, 2.45) is 7.05 Å². The van der Waals surface area contributed by atoms with Gasteiger partial charge in [-0.25, -0.2) is 9.41 Å². The SMILES string of the molecule is [C-]#[N+]c1ccc(-c2ccc3ccccc3c2)c2oc3c(-c4cccc[n+]4C)c(C)ccc3c12. The van der Waals surface area contributed by atoms with E-state index in [0.717, 1.165) is 49.9 Å². The minimum Gasteiger partial charge on any atom is -0.456 e. The smallest absolute Gasteiger partial charge is 0.216 e. The molecule has 3 nitrogen and oxygen atoms in total. The monoisotopic (exact) mass is 425 g/mol. The number of hydrogen-bond acceptors (Lipinski definition) is 1. The van der Waals surface area contributed by atoms with Crippen molar-refractivity contribution in [1.29, 1.82) is 0 Å². The lowest BCUT2D eigenvalue weighted by atomic mass is 9.97. The molecule has 0 atom stereocenters. The topological polar surface area (TPSA) is 21.4 Å². The van der Waals surface area contributed by atoms with E-state index in [1.165, 1.54) is 10.8 Å². The molecule has 0 N–H and O–H groups in total. The summed E-state index contributed by atoms with van der Waals surface area (Å²) in [5.74, 6) is 0. The van der Waals surface area contributed by atoms with Crippen LogP contribution in [-0.2, 0) is 7.05 Å². The van der Waals surface area contributed by atoms with Crippen LogP contribution in [0.3, 0.4) is 0 Å². The lowest BCUT2D eigenvalue weighted by molar-refractivity contribution is -0.660. The Morgan fingerprint density at radius 1 is 0.818 bits per heavy atom. The highest BCUT2D eigenvalue weighted by molar-refractivity contribution is 6.18. The second kappa shape index (κ2) is 7.32. The standard InChI is InChI=1S/C30H21N2O/c1-19-11-14-24-28-25(31-2)16-15-23(22-13-12-20-8-4-5-9-21(20)18-22)29(28)33-30(24)27(19)26-10-6-7-17-32(26)3/h4-18H,1,3H3/q+1. The van der Waals surface area contributed by atoms with E-state index in [1.807, 2.05) is 37.5 Å². The summed E-state index contributed by atoms with van der Waals surface area (Å²) in [4.78, 5) is 3.83. The zero-order valence-corrected chi connectivity index (χ0v) is 18.5. The molecule has 0 amide bonds. The second-order valence-electron chi connectivity index (χ2n) is 8.44. The Hall–Kier alpha value is -4.42. The van der Waals surface area contributed by atoms with Crippen LogP contribution in [0.2, 0.25) is 0 Å². The first kappa shape index (κ1) is 19.3. The number of benzene rings is 4. The minimum absolute atomic E-state index is 0.612. The largest absolute Gasteiger partial charge is 0.456 e. The van der Waals surface area contributed by atoms with Crippen LogP contribution < -0.4 is 4.57 Å². The maximum absolute atomic E-state index is 7.80. The van der Waals surface area contributed by atoms with Gasteiger partial charge in [0.25, 0.3) is 0 Å². The fraction of sp³-hybridized carbons (Fsp3) is 0.0667. The van der Waals surface area contributed by atoms with Crippen LogP contribution in [0.4, 0.5) is 5.69 Å². The predicted molar refractivity (Wildman–Crippen MR) is 134 cm³/mol. The van der Waals surface area contributed by atoms with Crippen molar-refractivity contribution < 1.29 is 8.98 Å². The molecule has 3 heteroatoms. The number of hydrogen-bond donors (Lipinski definition) is 0. The summed E-state index contributed by atoms with van der Waals surface area (Å²) < 4.78 is 8.76. The number of nitrogens with zero attached hydrogens (tertiary/aromatic N) is 2. The minimum atomic E-state index is 0.612. The summed E-state index contributed by atoms with van der Waals surface area (Å²) in [6.07, 6.45) is 2.04. The van der Waals surface area contributed by atoms with Gasteiger partial charge in [0.1, 0.15) is 18.2 Å². The molecule has 0 radical (unpaired) electrons. The zero-order chi connectivity index (χ0) is 22.5. The van der Waals surface area contributed by atoms with Crippen LogP contribution in [0.15, 0.2) is 95.5 Å². The van der Waals surface area contributed by atoms with Gasteiger partial charge in [0.2, 0.25) is 5.69 Å². The molecule has 2 aromatic heterocycles. The van der Waals surface area contributed by atoms with E-state index in [1.54, 1.807) is 0 Å². The number of pyridine rings is 1. The van der Waals surface area contributed by atoms with Gasteiger partial charge in [0.05, 0.1) is 12.1 Å². The van der Waals surface area contributed by atoms with Crippen molar-refractivity contribution in [3.8, 4) is 22.4 Å². The highest BCUT2D eigenvalue weighted by atomic mass is 16.3. The molecule has 0 bridgehead atoms. The third-order valence-corrected chi connectivity index (χ3v) is 6.47. The Bertz CT molecular complexity index is 1750. The molecule has 0 fully saturated rings. The Morgan fingerprint density at radius 2 is 1.64 bits per heavy atom. The molecule has 156 valence electrons. The van der Waals surface area contributed by atoms with E-state index < -0.39 is 0 Å². The molecule has 0 aliphatic heterocycles. The molecule has 0 unspecified atom stereocenters. The van der Waals surface area contributed by atoms with Gasteiger partial charge in [-0.1, -0.05) is 60.7 Å². The van der Waals surface area contributed by atoms with Gasteiger partial charge in [-0.05, 0) is 41.0 Å². The first-order chi connectivity index (χ1) is 16.2. The number of fused-ring (bicyclic) bond motifs is 4. The van der Waals surface area contributed by atoms with Gasteiger partial charge in [0, 0.05) is 28.5 Å². The molecule has 0 spiro atoms. The summed E-state index contributed by atoms with van der Waals surface area (Å²) >= 11 is 0. The molecular weight excluding hydrogens is 404 g/mol. The van der Waals surface area contributed by atoms with Crippen molar-refractivity contribution >= 4 is 38.4 Å². The number of aryl methyl sites for hydroxylation is 2. The van der Waals surface area contributed by atoms with Crippen molar-refractivity contribution in [1.82, 2.24) is 0 Å². The Balaban J connectivity index is 1.72. The predicted octanol–water partition coefficient (Wildman–Crippen LogP) is 7.76. The van der Waals surface area contributed by atoms with E-state index in [2.05, 4.69) is 77.0 Å². The summed E-state index contributed by atoms with van der Waals surface area (Å²) in [6.45, 7) is 9.90. The molecule has 0 saturated heterocycles. The summed E-state index contributed by atoms with van der Waals surface area (Å²) in [6, 6.07) is 29.1. The lowest BCUT2D eigenvalue weighted by Crippen LogP contribution is -2.30. The summed E-state index contributed by atoms with van der Waals surface area (Å²) in [7, 11) is 2.04.